The van der Waals surface area contributed by atoms with Crippen LogP contribution in [0.25, 0.3) is 34.0 Å². The quantitative estimate of drug-likeness (QED) is 0.274. The molecule has 0 aliphatic carbocycles. The molecule has 0 radical (unpaired) electrons. The molecule has 15 heteroatoms. The third-order valence-corrected chi connectivity index (χ3v) is 5.39. The molecule has 0 bridgehead atoms. The lowest BCUT2D eigenvalue weighted by Gasteiger charge is -2.14. The summed E-state index contributed by atoms with van der Waals surface area (Å²) in [7, 11) is 0. The Morgan fingerprint density at radius 1 is 0.868 bits per heavy atom. The van der Waals surface area contributed by atoms with Crippen molar-refractivity contribution in [1.82, 2.24) is 24.9 Å². The summed E-state index contributed by atoms with van der Waals surface area (Å²) < 4.78 is 113. The third-order valence-electron chi connectivity index (χ3n) is 5.39. The van der Waals surface area contributed by atoms with Gasteiger partial charge in [0.25, 0.3) is 5.88 Å². The lowest BCUT2D eigenvalue weighted by atomic mass is 10.0. The maximum Gasteiger partial charge on any atom is 0.417 e. The SMILES string of the molecule is Oc1nn(Cc2cc(-c3ccc(C(F)(F)F)cc3C(F)(F)F)no2)cc2nc(-c3cccc(F)c3F)nc1-2. The van der Waals surface area contributed by atoms with E-state index in [-0.39, 0.29) is 46.8 Å². The molecule has 0 atom stereocenters. The Morgan fingerprint density at radius 3 is 2.34 bits per heavy atom. The first-order chi connectivity index (χ1) is 17.8. The van der Waals surface area contributed by atoms with Crippen molar-refractivity contribution in [1.29, 1.82) is 0 Å². The van der Waals surface area contributed by atoms with Gasteiger partial charge in [0.1, 0.15) is 17.9 Å². The molecule has 38 heavy (non-hydrogen) atoms. The van der Waals surface area contributed by atoms with Crippen molar-refractivity contribution < 1.29 is 44.8 Å². The van der Waals surface area contributed by atoms with Crippen LogP contribution in [-0.2, 0) is 18.9 Å². The maximum atomic E-state index is 14.1. The van der Waals surface area contributed by atoms with Gasteiger partial charge in [-0.15, -0.1) is 5.10 Å². The average molecular weight is 541 g/mol. The lowest BCUT2D eigenvalue weighted by Crippen LogP contribution is -2.12. The second-order valence-electron chi connectivity index (χ2n) is 7.97. The lowest BCUT2D eigenvalue weighted by molar-refractivity contribution is -0.142. The van der Waals surface area contributed by atoms with E-state index < -0.39 is 46.6 Å². The van der Waals surface area contributed by atoms with Crippen molar-refractivity contribution in [3.05, 3.63) is 77.2 Å². The summed E-state index contributed by atoms with van der Waals surface area (Å²) in [6.07, 6.45) is -8.84. The molecule has 1 aromatic heterocycles. The van der Waals surface area contributed by atoms with Gasteiger partial charge in [-0.1, -0.05) is 17.3 Å². The second-order valence-corrected chi connectivity index (χ2v) is 7.97. The zero-order valence-electron chi connectivity index (χ0n) is 18.4. The van der Waals surface area contributed by atoms with Gasteiger partial charge in [-0.05, 0) is 24.3 Å². The fraction of sp³-hybridized carbons (Fsp3) is 0.130. The van der Waals surface area contributed by atoms with E-state index in [1.165, 1.54) is 18.3 Å². The molecule has 2 aliphatic rings. The first-order valence-electron chi connectivity index (χ1n) is 10.4. The van der Waals surface area contributed by atoms with Gasteiger partial charge in [-0.25, -0.2) is 18.7 Å². The van der Waals surface area contributed by atoms with Crippen LogP contribution in [-0.4, -0.2) is 30.0 Å². The topological polar surface area (TPSA) is 89.9 Å². The van der Waals surface area contributed by atoms with Crippen LogP contribution in [0.1, 0.15) is 16.9 Å². The van der Waals surface area contributed by atoms with Crippen molar-refractivity contribution >= 4 is 0 Å². The highest BCUT2D eigenvalue weighted by molar-refractivity contribution is 5.69. The standard InChI is InChI=1S/C23H11F8N5O2/c24-15-3-1-2-13(18(15)25)20-32-17-9-36(34-21(37)19(17)33-20)8-11-7-16(35-38-11)12-5-4-10(22(26,27)28)6-14(12)23(29,30)31/h1-7,9H,8H2,(H,34,37). The number of benzene rings is 2. The number of hydrogen-bond acceptors (Lipinski definition) is 6. The molecule has 2 aliphatic heterocycles. The zero-order valence-corrected chi connectivity index (χ0v) is 18.4. The van der Waals surface area contributed by atoms with E-state index in [0.717, 1.165) is 16.8 Å². The van der Waals surface area contributed by atoms with E-state index in [1.807, 2.05) is 0 Å². The molecule has 7 nitrogen and oxygen atoms in total. The Balaban J connectivity index is 1.47. The number of halogens is 8. The fourth-order valence-electron chi connectivity index (χ4n) is 3.68. The van der Waals surface area contributed by atoms with Crippen LogP contribution in [0.15, 0.2) is 53.2 Å². The minimum Gasteiger partial charge on any atom is -0.491 e. The van der Waals surface area contributed by atoms with Crippen LogP contribution in [0.5, 0.6) is 5.88 Å². The normalized spacial score (nSPS) is 12.4. The number of rotatable bonds is 4. The van der Waals surface area contributed by atoms with Crippen LogP contribution in [0.4, 0.5) is 35.1 Å². The van der Waals surface area contributed by atoms with Crippen molar-refractivity contribution in [3.8, 4) is 39.9 Å². The Bertz CT molecular complexity index is 1620. The van der Waals surface area contributed by atoms with Crippen LogP contribution < -0.4 is 0 Å². The highest BCUT2D eigenvalue weighted by atomic mass is 19.4. The molecular formula is C23H11F8N5O2. The molecule has 0 fully saturated rings. The molecule has 0 unspecified atom stereocenters. The Labute approximate surface area is 206 Å². The highest BCUT2D eigenvalue weighted by Crippen LogP contribution is 2.41. The summed E-state index contributed by atoms with van der Waals surface area (Å²) in [5, 5.41) is 17.6. The maximum absolute atomic E-state index is 14.1. The predicted molar refractivity (Wildman–Crippen MR) is 113 cm³/mol. The molecule has 0 amide bonds. The Hall–Kier alpha value is -4.56. The largest absolute Gasteiger partial charge is 0.491 e. The molecule has 196 valence electrons. The number of imidazole rings is 1. The van der Waals surface area contributed by atoms with E-state index in [4.69, 9.17) is 4.52 Å². The van der Waals surface area contributed by atoms with Crippen LogP contribution >= 0.6 is 0 Å². The van der Waals surface area contributed by atoms with E-state index in [1.54, 1.807) is 0 Å². The van der Waals surface area contributed by atoms with Crippen molar-refractivity contribution in [3.63, 3.8) is 0 Å². The Morgan fingerprint density at radius 2 is 1.63 bits per heavy atom. The van der Waals surface area contributed by atoms with Gasteiger partial charge in [0.15, 0.2) is 28.9 Å². The van der Waals surface area contributed by atoms with Crippen molar-refractivity contribution in [2.75, 3.05) is 0 Å². The number of fused-ring (bicyclic) bond motifs is 1. The van der Waals surface area contributed by atoms with E-state index in [9.17, 15) is 40.2 Å². The number of hydrogen-bond donors (Lipinski definition) is 1. The second kappa shape index (κ2) is 8.78. The van der Waals surface area contributed by atoms with Crippen molar-refractivity contribution in [2.45, 2.75) is 18.9 Å². The molecule has 1 N–H and O–H groups in total. The molecular weight excluding hydrogens is 530 g/mol. The molecule has 5 rings (SSSR count). The van der Waals surface area contributed by atoms with Gasteiger partial charge in [-0.2, -0.15) is 26.3 Å². The van der Waals surface area contributed by atoms with Gasteiger partial charge in [0.05, 0.1) is 22.9 Å². The molecule has 3 aromatic rings. The minimum atomic E-state index is -5.11. The van der Waals surface area contributed by atoms with Crippen LogP contribution in [0.2, 0.25) is 0 Å². The third kappa shape index (κ3) is 4.62. The smallest absolute Gasteiger partial charge is 0.417 e. The number of alkyl halides is 6. The first kappa shape index (κ1) is 25.1. The van der Waals surface area contributed by atoms with E-state index in [0.29, 0.717) is 12.1 Å². The molecule has 3 heterocycles. The zero-order chi connectivity index (χ0) is 27.4. The Kier molecular flexibility index (Phi) is 5.80. The molecule has 0 saturated carbocycles. The van der Waals surface area contributed by atoms with Crippen molar-refractivity contribution in [2.24, 2.45) is 0 Å². The van der Waals surface area contributed by atoms with E-state index >= 15 is 0 Å². The summed E-state index contributed by atoms with van der Waals surface area (Å²) in [6, 6.07) is 5.57. The van der Waals surface area contributed by atoms with Gasteiger partial charge >= 0.3 is 12.4 Å². The molecule has 0 saturated heterocycles. The van der Waals surface area contributed by atoms with Gasteiger partial charge in [0.2, 0.25) is 0 Å². The van der Waals surface area contributed by atoms with E-state index in [2.05, 4.69) is 20.2 Å². The first-order valence-corrected chi connectivity index (χ1v) is 10.4. The van der Waals surface area contributed by atoms with Crippen LogP contribution in [0.3, 0.4) is 0 Å². The highest BCUT2D eigenvalue weighted by Gasteiger charge is 2.39. The van der Waals surface area contributed by atoms with Gasteiger partial charge in [-0.3, -0.25) is 4.68 Å². The summed E-state index contributed by atoms with van der Waals surface area (Å²) in [4.78, 5) is 8.03. The van der Waals surface area contributed by atoms with Crippen LogP contribution in [0, 0.1) is 11.6 Å². The number of aromatic nitrogens is 5. The fourth-order valence-corrected chi connectivity index (χ4v) is 3.68. The molecule has 2 aromatic carbocycles. The number of nitrogens with zero attached hydrogens (tertiary/aromatic N) is 5. The monoisotopic (exact) mass is 541 g/mol. The van der Waals surface area contributed by atoms with Gasteiger partial charge < -0.3 is 9.63 Å². The van der Waals surface area contributed by atoms with Gasteiger partial charge in [0, 0.05) is 11.6 Å². The summed E-state index contributed by atoms with van der Waals surface area (Å²) in [5.74, 6) is -3.26. The number of aromatic hydroxyl groups is 1. The summed E-state index contributed by atoms with van der Waals surface area (Å²) in [6.45, 7) is -0.297. The average Bonchev–Trinajstić information content (AvgIpc) is 3.47. The minimum absolute atomic E-state index is 0.0148. The summed E-state index contributed by atoms with van der Waals surface area (Å²) in [5.41, 5.74) is -4.42. The predicted octanol–water partition coefficient (Wildman–Crippen LogP) is 6.17. The molecule has 0 spiro atoms. The summed E-state index contributed by atoms with van der Waals surface area (Å²) >= 11 is 0.